The Bertz CT molecular complexity index is 1440. The topological polar surface area (TPSA) is 0 Å². The van der Waals surface area contributed by atoms with Crippen LogP contribution in [0, 0.1) is 20.8 Å². The lowest BCUT2D eigenvalue weighted by Gasteiger charge is -2.50. The Morgan fingerprint density at radius 1 is 0.490 bits per heavy atom. The van der Waals surface area contributed by atoms with E-state index in [0.29, 0.717) is 5.54 Å². The summed E-state index contributed by atoms with van der Waals surface area (Å²) in [5.41, 5.74) is 12.4. The van der Waals surface area contributed by atoms with Crippen LogP contribution in [-0.2, 0) is 0 Å². The quantitative estimate of drug-likeness (QED) is 0.157. The highest BCUT2D eigenvalue weighted by atomic mass is 28.4. The summed E-state index contributed by atoms with van der Waals surface area (Å²) in [6.07, 6.45) is 2.72. The van der Waals surface area contributed by atoms with Crippen LogP contribution in [0.25, 0.3) is 0 Å². The first-order chi connectivity index (χ1) is 21.7. The summed E-state index contributed by atoms with van der Waals surface area (Å²) in [6.45, 7) is 61.3. The molecule has 2 atom stereocenters. The molecule has 0 nitrogen and oxygen atoms in total. The fourth-order valence-corrected chi connectivity index (χ4v) is 57.5. The van der Waals surface area contributed by atoms with Gasteiger partial charge < -0.3 is 0 Å². The van der Waals surface area contributed by atoms with Gasteiger partial charge in [0.1, 0.15) is 8.07 Å². The molecule has 49 heavy (non-hydrogen) atoms. The predicted molar refractivity (Wildman–Crippen MR) is 248 cm³/mol. The molecular formula is C42H80Si7. The van der Waals surface area contributed by atoms with E-state index in [0.717, 1.165) is 15.5 Å². The van der Waals surface area contributed by atoms with Gasteiger partial charge in [-0.3, -0.25) is 0 Å². The van der Waals surface area contributed by atoms with E-state index in [9.17, 15) is 0 Å². The fraction of sp³-hybridized carbons (Fsp3) is 0.667. The molecule has 2 aromatic rings. The summed E-state index contributed by atoms with van der Waals surface area (Å²) in [4.78, 5) is 0. The monoisotopic (exact) mass is 780 g/mol. The maximum absolute atomic E-state index is 2.97. The van der Waals surface area contributed by atoms with Crippen LogP contribution in [0.4, 0.5) is 0 Å². The van der Waals surface area contributed by atoms with Crippen molar-refractivity contribution in [1.82, 2.24) is 0 Å². The van der Waals surface area contributed by atoms with E-state index < -0.39 is 56.5 Å². The Morgan fingerprint density at radius 2 is 0.816 bits per heavy atom. The molecule has 0 radical (unpaired) electrons. The van der Waals surface area contributed by atoms with Gasteiger partial charge in [0, 0.05) is 48.4 Å². The van der Waals surface area contributed by atoms with Gasteiger partial charge in [0.25, 0.3) is 0 Å². The second-order valence-electron chi connectivity index (χ2n) is 23.2. The molecule has 1 aliphatic heterocycles. The Kier molecular flexibility index (Phi) is 12.2. The van der Waals surface area contributed by atoms with E-state index in [1.807, 2.05) is 16.3 Å². The molecular weight excluding hydrogens is 701 g/mol. The van der Waals surface area contributed by atoms with Gasteiger partial charge in [0.2, 0.25) is 0 Å². The lowest BCUT2D eigenvalue weighted by atomic mass is 10.1. The van der Waals surface area contributed by atoms with Crippen LogP contribution in [0.2, 0.25) is 129 Å². The van der Waals surface area contributed by atoms with Crippen LogP contribution in [0.3, 0.4) is 0 Å². The lowest BCUT2D eigenvalue weighted by Crippen LogP contribution is -2.66. The van der Waals surface area contributed by atoms with Crippen molar-refractivity contribution in [3.63, 3.8) is 0 Å². The normalized spacial score (nSPS) is 20.2. The van der Waals surface area contributed by atoms with Crippen molar-refractivity contribution in [3.8, 4) is 0 Å². The van der Waals surface area contributed by atoms with E-state index in [1.165, 1.54) is 11.6 Å². The van der Waals surface area contributed by atoms with Crippen molar-refractivity contribution in [2.24, 2.45) is 0 Å². The van der Waals surface area contributed by atoms with Crippen LogP contribution in [0.5, 0.6) is 0 Å². The van der Waals surface area contributed by atoms with Crippen LogP contribution >= 0.6 is 0 Å². The van der Waals surface area contributed by atoms with Gasteiger partial charge in [-0.2, -0.15) is 0 Å². The minimum absolute atomic E-state index is 0.605. The maximum atomic E-state index is 2.97. The Balaban J connectivity index is 2.93. The van der Waals surface area contributed by atoms with E-state index >= 15 is 0 Å². The molecule has 0 spiro atoms. The smallest absolute Gasteiger partial charge is 0.0876 e. The lowest BCUT2D eigenvalue weighted by molar-refractivity contribution is 1.05. The average Bonchev–Trinajstić information content (AvgIpc) is 3.07. The van der Waals surface area contributed by atoms with Crippen molar-refractivity contribution in [2.75, 3.05) is 0 Å². The van der Waals surface area contributed by atoms with E-state index in [2.05, 4.69) is 183 Å². The highest BCUT2D eigenvalue weighted by Crippen LogP contribution is 2.49. The summed E-state index contributed by atoms with van der Waals surface area (Å²) >= 11 is 0. The van der Waals surface area contributed by atoms with E-state index in [-0.39, 0.29) is 0 Å². The molecule has 0 aliphatic carbocycles. The first-order valence-corrected chi connectivity index (χ1v) is 43.4. The molecule has 0 aromatic heterocycles. The fourth-order valence-electron chi connectivity index (χ4n) is 12.3. The largest absolute Gasteiger partial charge is 0.129 e. The second kappa shape index (κ2) is 13.8. The van der Waals surface area contributed by atoms with Gasteiger partial charge in [-0.15, -0.1) is 0 Å². The van der Waals surface area contributed by atoms with E-state index in [4.69, 9.17) is 0 Å². The Labute approximate surface area is 313 Å². The van der Waals surface area contributed by atoms with Crippen LogP contribution in [-0.4, -0.2) is 56.5 Å². The third kappa shape index (κ3) is 8.59. The molecule has 0 amide bonds. The summed E-state index contributed by atoms with van der Waals surface area (Å²) in [5.74, 6) is 0. The number of benzene rings is 2. The summed E-state index contributed by atoms with van der Waals surface area (Å²) < 4.78 is 0. The van der Waals surface area contributed by atoms with Crippen LogP contribution in [0.15, 0.2) is 35.9 Å². The average molecular weight is 782 g/mol. The Hall–Kier alpha value is -0.302. The van der Waals surface area contributed by atoms with Crippen molar-refractivity contribution in [2.45, 2.75) is 180 Å². The van der Waals surface area contributed by atoms with Crippen LogP contribution < -0.4 is 10.4 Å². The summed E-state index contributed by atoms with van der Waals surface area (Å²) in [5, 5.41) is 5.95. The molecule has 2 aromatic carbocycles. The van der Waals surface area contributed by atoms with Crippen molar-refractivity contribution in [1.29, 1.82) is 0 Å². The van der Waals surface area contributed by atoms with Gasteiger partial charge in [-0.05, 0) is 81.8 Å². The molecule has 276 valence electrons. The molecule has 7 heteroatoms. The zero-order valence-electron chi connectivity index (χ0n) is 36.9. The third-order valence-electron chi connectivity index (χ3n) is 12.1. The van der Waals surface area contributed by atoms with Crippen molar-refractivity contribution in [3.05, 3.63) is 69.3 Å². The second-order valence-corrected chi connectivity index (χ2v) is 61.0. The SMILES string of the molecule is CC1=CC[Si](c2c(C)cc(C)cc2C)(c2c(C([Si](C)(C)C)[Si](C)(C)C)cc(C([Si](C)(C)C)[Si](C)(C)C)cc2C([Si](C)(C)C)[Si](C)(C)C)C1C. The first-order valence-electron chi connectivity index (χ1n) is 19.6. The minimum Gasteiger partial charge on any atom is -0.0876 e. The Morgan fingerprint density at radius 3 is 1.08 bits per heavy atom. The van der Waals surface area contributed by atoms with Gasteiger partial charge in [-0.25, -0.2) is 0 Å². The molecule has 2 unspecified atom stereocenters. The molecule has 1 heterocycles. The standard InChI is InChI=1S/C42H80Si7/c1-30-26-32(3)38(33(4)27-30)49(25-24-31(2)34(49)5)39-36(41(45(12,13)14)46(15,16)17)28-35(40(43(6,7)8)44(9,10)11)29-37(39)42(47(18,19)20)48(21,22)23/h24,26-29,34,40-42H,25H2,1-23H3. The highest BCUT2D eigenvalue weighted by molar-refractivity contribution is 7.07. The van der Waals surface area contributed by atoms with Gasteiger partial charge in [0.05, 0.1) is 0 Å². The van der Waals surface area contributed by atoms with Gasteiger partial charge in [-0.1, -0.05) is 177 Å². The molecule has 0 fully saturated rings. The summed E-state index contributed by atoms with van der Waals surface area (Å²) in [7, 11) is -12.0. The minimum atomic E-state index is -2.32. The van der Waals surface area contributed by atoms with Crippen molar-refractivity contribution < 1.29 is 0 Å². The molecule has 0 bridgehead atoms. The molecule has 1 aliphatic rings. The molecule has 3 rings (SSSR count). The third-order valence-corrected chi connectivity index (χ3v) is 45.9. The van der Waals surface area contributed by atoms with Gasteiger partial charge in [0.15, 0.2) is 0 Å². The maximum Gasteiger partial charge on any atom is 0.129 e. The number of hydrogen-bond donors (Lipinski definition) is 0. The van der Waals surface area contributed by atoms with E-state index in [1.54, 1.807) is 27.5 Å². The predicted octanol–water partition coefficient (Wildman–Crippen LogP) is 13.0. The number of aryl methyl sites for hydroxylation is 3. The number of rotatable bonds is 11. The van der Waals surface area contributed by atoms with Crippen LogP contribution in [0.1, 0.15) is 62.7 Å². The molecule has 0 saturated heterocycles. The molecule has 0 saturated carbocycles. The number of hydrogen-bond acceptors (Lipinski definition) is 0. The zero-order chi connectivity index (χ0) is 38.2. The highest BCUT2D eigenvalue weighted by Gasteiger charge is 2.55. The van der Waals surface area contributed by atoms with Crippen molar-refractivity contribution >= 4 is 66.9 Å². The molecule has 0 N–H and O–H groups in total. The first kappa shape index (κ1) is 43.1. The van der Waals surface area contributed by atoms with Gasteiger partial charge >= 0.3 is 0 Å². The zero-order valence-corrected chi connectivity index (χ0v) is 43.9. The number of allylic oxidation sites excluding steroid dienone is 2. The summed E-state index contributed by atoms with van der Waals surface area (Å²) in [6, 6.07) is 12.3.